The third-order valence-corrected chi connectivity index (χ3v) is 2.20. The lowest BCUT2D eigenvalue weighted by Crippen LogP contribution is -1.92. The number of hydrogen-bond donors (Lipinski definition) is 1. The minimum Gasteiger partial charge on any atom is -0.478 e. The van der Waals surface area contributed by atoms with Gasteiger partial charge in [-0.15, -0.1) is 0 Å². The zero-order valence-corrected chi connectivity index (χ0v) is 8.58. The highest BCUT2D eigenvalue weighted by molar-refractivity contribution is 5.87. The fraction of sp³-hybridized carbons (Fsp3) is 0. The van der Waals surface area contributed by atoms with Crippen LogP contribution in [0.4, 0.5) is 0 Å². The van der Waals surface area contributed by atoms with Crippen LogP contribution in [-0.2, 0) is 0 Å². The molecule has 0 fully saturated rings. The van der Waals surface area contributed by atoms with Gasteiger partial charge < -0.3 is 9.67 Å². The van der Waals surface area contributed by atoms with E-state index in [9.17, 15) is 4.79 Å². The van der Waals surface area contributed by atoms with Gasteiger partial charge in [0.1, 0.15) is 0 Å². The molecule has 3 nitrogen and oxygen atoms in total. The highest BCUT2D eigenvalue weighted by Gasteiger charge is 2.02. The van der Waals surface area contributed by atoms with E-state index in [-0.39, 0.29) is 5.56 Å². The van der Waals surface area contributed by atoms with Gasteiger partial charge in [0, 0.05) is 18.6 Å². The van der Waals surface area contributed by atoms with Crippen molar-refractivity contribution >= 4 is 18.2 Å². The average molecular weight is 213 g/mol. The Bertz CT molecular complexity index is 512. The Morgan fingerprint density at radius 2 is 1.94 bits per heavy atom. The van der Waals surface area contributed by atoms with Crippen LogP contribution in [0, 0.1) is 0 Å². The number of benzene rings is 1. The van der Waals surface area contributed by atoms with E-state index in [0.29, 0.717) is 0 Å². The molecule has 0 bridgehead atoms. The van der Waals surface area contributed by atoms with Gasteiger partial charge >= 0.3 is 5.97 Å². The molecule has 0 spiro atoms. The molecule has 1 N–H and O–H groups in total. The molecule has 0 aliphatic heterocycles. The summed E-state index contributed by atoms with van der Waals surface area (Å²) in [7, 11) is 0. The van der Waals surface area contributed by atoms with Crippen LogP contribution in [0.1, 0.15) is 15.9 Å². The highest BCUT2D eigenvalue weighted by Crippen LogP contribution is 2.05. The minimum atomic E-state index is -0.910. The van der Waals surface area contributed by atoms with Crippen molar-refractivity contribution in [2.24, 2.45) is 0 Å². The van der Waals surface area contributed by atoms with Gasteiger partial charge in [0.2, 0.25) is 0 Å². The predicted octanol–water partition coefficient (Wildman–Crippen LogP) is 2.81. The predicted molar refractivity (Wildman–Crippen MR) is 63.1 cm³/mol. The van der Waals surface area contributed by atoms with E-state index < -0.39 is 5.97 Å². The summed E-state index contributed by atoms with van der Waals surface area (Å²) < 4.78 is 1.72. The first-order chi connectivity index (χ1) is 7.75. The number of aromatic nitrogens is 1. The van der Waals surface area contributed by atoms with Crippen LogP contribution in [0.3, 0.4) is 0 Å². The van der Waals surface area contributed by atoms with Crippen molar-refractivity contribution in [3.63, 3.8) is 0 Å². The molecule has 0 unspecified atom stereocenters. The van der Waals surface area contributed by atoms with Crippen LogP contribution in [0.25, 0.3) is 12.3 Å². The second-order valence-corrected chi connectivity index (χ2v) is 3.38. The van der Waals surface area contributed by atoms with Crippen molar-refractivity contribution in [1.29, 1.82) is 0 Å². The number of carboxylic acids is 1. The van der Waals surface area contributed by atoms with E-state index in [1.54, 1.807) is 23.0 Å². The van der Waals surface area contributed by atoms with Crippen molar-refractivity contribution in [2.75, 3.05) is 0 Å². The van der Waals surface area contributed by atoms with Gasteiger partial charge in [-0.05, 0) is 17.7 Å². The summed E-state index contributed by atoms with van der Waals surface area (Å²) in [4.78, 5) is 10.7. The fourth-order valence-electron chi connectivity index (χ4n) is 1.37. The largest absolute Gasteiger partial charge is 0.478 e. The van der Waals surface area contributed by atoms with E-state index in [1.165, 1.54) is 0 Å². The Morgan fingerprint density at radius 3 is 2.56 bits per heavy atom. The summed E-state index contributed by atoms with van der Waals surface area (Å²) in [6.45, 7) is 0. The zero-order chi connectivity index (χ0) is 11.4. The van der Waals surface area contributed by atoms with E-state index >= 15 is 0 Å². The molecule has 1 heterocycles. The first-order valence-corrected chi connectivity index (χ1v) is 4.90. The minimum absolute atomic E-state index is 0.290. The lowest BCUT2D eigenvalue weighted by atomic mass is 10.2. The summed E-state index contributed by atoms with van der Waals surface area (Å²) in [6, 6.07) is 11.4. The summed E-state index contributed by atoms with van der Waals surface area (Å²) >= 11 is 0. The first kappa shape index (κ1) is 10.2. The molecule has 0 aliphatic carbocycles. The third kappa shape index (κ3) is 2.39. The monoisotopic (exact) mass is 213 g/mol. The molecular formula is C13H11NO2. The highest BCUT2D eigenvalue weighted by atomic mass is 16.4. The van der Waals surface area contributed by atoms with Crippen molar-refractivity contribution < 1.29 is 9.90 Å². The van der Waals surface area contributed by atoms with Crippen LogP contribution in [0.15, 0.2) is 48.8 Å². The number of carbonyl (C=O) groups is 1. The lowest BCUT2D eigenvalue weighted by Gasteiger charge is -1.93. The van der Waals surface area contributed by atoms with E-state index in [1.807, 2.05) is 42.6 Å². The molecule has 80 valence electrons. The van der Waals surface area contributed by atoms with Gasteiger partial charge in [-0.2, -0.15) is 0 Å². The standard InChI is InChI=1S/C13H11NO2/c15-13(16)12-7-9-14(10-12)8-6-11-4-2-1-3-5-11/h1-10H,(H,15,16). The van der Waals surface area contributed by atoms with Gasteiger partial charge in [0.25, 0.3) is 0 Å². The smallest absolute Gasteiger partial charge is 0.337 e. The normalized spacial score (nSPS) is 10.8. The first-order valence-electron chi connectivity index (χ1n) is 4.90. The molecule has 0 radical (unpaired) electrons. The molecule has 0 atom stereocenters. The number of rotatable bonds is 3. The van der Waals surface area contributed by atoms with E-state index in [0.717, 1.165) is 5.56 Å². The Labute approximate surface area is 93.3 Å². The van der Waals surface area contributed by atoms with Crippen LogP contribution in [0.5, 0.6) is 0 Å². The molecule has 16 heavy (non-hydrogen) atoms. The molecule has 0 saturated carbocycles. The number of aromatic carboxylic acids is 1. The molecule has 0 aliphatic rings. The summed E-state index contributed by atoms with van der Waals surface area (Å²) in [5.74, 6) is -0.910. The Balaban J connectivity index is 2.15. The van der Waals surface area contributed by atoms with E-state index in [4.69, 9.17) is 5.11 Å². The number of nitrogens with zero attached hydrogens (tertiary/aromatic N) is 1. The Hall–Kier alpha value is -2.29. The molecule has 3 heteroatoms. The average Bonchev–Trinajstić information content (AvgIpc) is 2.76. The maximum absolute atomic E-state index is 10.7. The third-order valence-electron chi connectivity index (χ3n) is 2.20. The molecule has 0 amide bonds. The molecule has 2 rings (SSSR count). The Kier molecular flexibility index (Phi) is 2.87. The molecule has 2 aromatic rings. The molecule has 1 aromatic carbocycles. The van der Waals surface area contributed by atoms with Crippen molar-refractivity contribution in [3.05, 3.63) is 59.9 Å². The zero-order valence-electron chi connectivity index (χ0n) is 8.58. The van der Waals surface area contributed by atoms with Gasteiger partial charge in [0.05, 0.1) is 5.56 Å². The maximum Gasteiger partial charge on any atom is 0.337 e. The van der Waals surface area contributed by atoms with Crippen LogP contribution < -0.4 is 0 Å². The topological polar surface area (TPSA) is 42.2 Å². The second-order valence-electron chi connectivity index (χ2n) is 3.38. The van der Waals surface area contributed by atoms with Gasteiger partial charge in [-0.25, -0.2) is 4.79 Å². The van der Waals surface area contributed by atoms with Crippen LogP contribution in [0.2, 0.25) is 0 Å². The Morgan fingerprint density at radius 1 is 1.19 bits per heavy atom. The molecule has 1 aromatic heterocycles. The number of carboxylic acid groups (broad SMARTS) is 1. The van der Waals surface area contributed by atoms with Crippen molar-refractivity contribution in [2.45, 2.75) is 0 Å². The quantitative estimate of drug-likeness (QED) is 0.851. The molecule has 0 saturated heterocycles. The van der Waals surface area contributed by atoms with Gasteiger partial charge in [-0.3, -0.25) is 0 Å². The van der Waals surface area contributed by atoms with E-state index in [2.05, 4.69) is 0 Å². The lowest BCUT2D eigenvalue weighted by molar-refractivity contribution is 0.0697. The maximum atomic E-state index is 10.7. The molecular weight excluding hydrogens is 202 g/mol. The number of hydrogen-bond acceptors (Lipinski definition) is 1. The van der Waals surface area contributed by atoms with Crippen molar-refractivity contribution in [1.82, 2.24) is 4.57 Å². The summed E-state index contributed by atoms with van der Waals surface area (Å²) in [6.07, 6.45) is 7.03. The van der Waals surface area contributed by atoms with Gasteiger partial charge in [0.15, 0.2) is 0 Å². The fourth-order valence-corrected chi connectivity index (χ4v) is 1.37. The van der Waals surface area contributed by atoms with Crippen LogP contribution in [-0.4, -0.2) is 15.6 Å². The summed E-state index contributed by atoms with van der Waals surface area (Å²) in [5, 5.41) is 8.75. The summed E-state index contributed by atoms with van der Waals surface area (Å²) in [5.41, 5.74) is 1.37. The van der Waals surface area contributed by atoms with Crippen LogP contribution >= 0.6 is 0 Å². The second kappa shape index (κ2) is 4.49. The SMILES string of the molecule is O=C(O)c1ccn(C=Cc2ccccc2)c1. The van der Waals surface area contributed by atoms with Gasteiger partial charge in [-0.1, -0.05) is 30.3 Å². The van der Waals surface area contributed by atoms with Crippen molar-refractivity contribution in [3.8, 4) is 0 Å².